The molecule has 0 fully saturated rings. The Morgan fingerprint density at radius 2 is 2.16 bits per heavy atom. The number of nitrogens with zero attached hydrogens (tertiary/aromatic N) is 5. The van der Waals surface area contributed by atoms with Crippen LogP contribution in [0.15, 0.2) is 16.8 Å². The van der Waals surface area contributed by atoms with Crippen molar-refractivity contribution in [2.75, 3.05) is 37.8 Å². The van der Waals surface area contributed by atoms with Crippen molar-refractivity contribution in [1.82, 2.24) is 25.2 Å². The monoisotopic (exact) mass is 263 g/mol. The zero-order valence-electron chi connectivity index (χ0n) is 11.2. The smallest absolute Gasteiger partial charge is 0.250 e. The Kier molecular flexibility index (Phi) is 4.24. The zero-order valence-corrected chi connectivity index (χ0v) is 11.2. The van der Waals surface area contributed by atoms with Crippen LogP contribution in [0.1, 0.15) is 5.76 Å². The zero-order chi connectivity index (χ0) is 13.7. The second-order valence-corrected chi connectivity index (χ2v) is 4.34. The van der Waals surface area contributed by atoms with Crippen molar-refractivity contribution in [2.45, 2.75) is 6.92 Å². The first-order valence-corrected chi connectivity index (χ1v) is 5.92. The molecule has 0 aliphatic carbocycles. The maximum absolute atomic E-state index is 4.95. The Morgan fingerprint density at radius 3 is 2.84 bits per heavy atom. The molecule has 0 spiro atoms. The molecule has 2 N–H and O–H groups in total. The Bertz CT molecular complexity index is 525. The minimum atomic E-state index is 0.378. The molecule has 8 nitrogen and oxygen atoms in total. The predicted molar refractivity (Wildman–Crippen MR) is 71.4 cm³/mol. The lowest BCUT2D eigenvalue weighted by molar-refractivity contribution is 0.400. The summed E-state index contributed by atoms with van der Waals surface area (Å²) in [6, 6.07) is 1.76. The minimum absolute atomic E-state index is 0.378. The largest absolute Gasteiger partial charge is 0.367 e. The van der Waals surface area contributed by atoms with Crippen molar-refractivity contribution in [2.24, 2.45) is 0 Å². The molecular weight excluding hydrogens is 246 g/mol. The van der Waals surface area contributed by atoms with E-state index < -0.39 is 0 Å². The summed E-state index contributed by atoms with van der Waals surface area (Å²) in [6.45, 7) is 3.51. The van der Waals surface area contributed by atoms with E-state index in [9.17, 15) is 0 Å². The summed E-state index contributed by atoms with van der Waals surface area (Å²) in [5.74, 6) is 2.32. The second-order valence-electron chi connectivity index (χ2n) is 4.34. The van der Waals surface area contributed by atoms with Crippen molar-refractivity contribution in [3.05, 3.63) is 18.0 Å². The maximum atomic E-state index is 4.95. The lowest BCUT2D eigenvalue weighted by atomic mass is 10.5. The molecule has 2 aromatic rings. The van der Waals surface area contributed by atoms with E-state index in [1.54, 1.807) is 12.3 Å². The summed E-state index contributed by atoms with van der Waals surface area (Å²) < 4.78 is 4.95. The highest BCUT2D eigenvalue weighted by atomic mass is 16.5. The van der Waals surface area contributed by atoms with E-state index in [1.165, 1.54) is 0 Å². The quantitative estimate of drug-likeness (QED) is 0.793. The summed E-state index contributed by atoms with van der Waals surface area (Å²) >= 11 is 0. The average molecular weight is 263 g/mol. The standard InChI is InChI=1S/C11H17N7O/c1-8-6-9(17-19-8)14-11-15-10(7-13-16-11)12-4-5-18(2)3/h6-7H,4-5H2,1-3H3,(H2,12,14,15,16,17). The van der Waals surface area contributed by atoms with Gasteiger partial charge in [-0.05, 0) is 21.0 Å². The van der Waals surface area contributed by atoms with Gasteiger partial charge < -0.3 is 20.1 Å². The van der Waals surface area contributed by atoms with Gasteiger partial charge in [0.25, 0.3) is 0 Å². The van der Waals surface area contributed by atoms with E-state index in [4.69, 9.17) is 4.52 Å². The van der Waals surface area contributed by atoms with E-state index >= 15 is 0 Å². The third kappa shape index (κ3) is 4.18. The van der Waals surface area contributed by atoms with Gasteiger partial charge >= 0.3 is 0 Å². The van der Waals surface area contributed by atoms with Crippen LogP contribution in [-0.2, 0) is 0 Å². The molecule has 0 atom stereocenters. The van der Waals surface area contributed by atoms with Gasteiger partial charge in [0.1, 0.15) is 5.76 Å². The number of hydrogen-bond acceptors (Lipinski definition) is 8. The number of anilines is 3. The fourth-order valence-electron chi connectivity index (χ4n) is 1.39. The van der Waals surface area contributed by atoms with Crippen LogP contribution in [0.3, 0.4) is 0 Å². The maximum Gasteiger partial charge on any atom is 0.250 e. The van der Waals surface area contributed by atoms with Crippen LogP contribution in [0, 0.1) is 6.92 Å². The van der Waals surface area contributed by atoms with E-state index in [0.717, 1.165) is 18.8 Å². The van der Waals surface area contributed by atoms with Crippen LogP contribution in [0.25, 0.3) is 0 Å². The Balaban J connectivity index is 1.95. The van der Waals surface area contributed by atoms with Gasteiger partial charge in [-0.3, -0.25) is 0 Å². The molecule has 0 saturated heterocycles. The molecule has 0 unspecified atom stereocenters. The lowest BCUT2D eigenvalue weighted by Gasteiger charge is -2.10. The normalized spacial score (nSPS) is 10.7. The fourth-order valence-corrected chi connectivity index (χ4v) is 1.39. The number of likely N-dealkylation sites (N-methyl/N-ethyl adjacent to an activating group) is 1. The van der Waals surface area contributed by atoms with Gasteiger partial charge in [-0.25, -0.2) is 0 Å². The molecular formula is C11H17N7O. The third-order valence-electron chi connectivity index (χ3n) is 2.29. The van der Waals surface area contributed by atoms with Crippen molar-refractivity contribution in [3.8, 4) is 0 Å². The first-order valence-electron chi connectivity index (χ1n) is 5.92. The molecule has 2 rings (SSSR count). The van der Waals surface area contributed by atoms with Gasteiger partial charge in [0, 0.05) is 19.2 Å². The van der Waals surface area contributed by atoms with Crippen molar-refractivity contribution in [3.63, 3.8) is 0 Å². The third-order valence-corrected chi connectivity index (χ3v) is 2.29. The molecule has 0 bridgehead atoms. The molecule has 2 heterocycles. The van der Waals surface area contributed by atoms with Gasteiger partial charge in [-0.15, -0.1) is 5.10 Å². The summed E-state index contributed by atoms with van der Waals surface area (Å²) in [6.07, 6.45) is 1.58. The number of aromatic nitrogens is 4. The molecule has 0 amide bonds. The van der Waals surface area contributed by atoms with Crippen LogP contribution >= 0.6 is 0 Å². The van der Waals surface area contributed by atoms with Crippen molar-refractivity contribution >= 4 is 17.6 Å². The molecule has 8 heteroatoms. The highest BCUT2D eigenvalue weighted by Crippen LogP contribution is 2.12. The molecule has 19 heavy (non-hydrogen) atoms. The minimum Gasteiger partial charge on any atom is -0.367 e. The van der Waals surface area contributed by atoms with Crippen molar-refractivity contribution < 1.29 is 4.52 Å². The molecule has 0 aromatic carbocycles. The van der Waals surface area contributed by atoms with Gasteiger partial charge in [-0.2, -0.15) is 10.1 Å². The van der Waals surface area contributed by atoms with Crippen LogP contribution in [0.4, 0.5) is 17.6 Å². The van der Waals surface area contributed by atoms with Crippen LogP contribution in [0.5, 0.6) is 0 Å². The van der Waals surface area contributed by atoms with Gasteiger partial charge in [0.05, 0.1) is 6.20 Å². The molecule has 0 aliphatic heterocycles. The van der Waals surface area contributed by atoms with E-state index in [0.29, 0.717) is 17.6 Å². The molecule has 0 saturated carbocycles. The van der Waals surface area contributed by atoms with Crippen LogP contribution in [-0.4, -0.2) is 52.4 Å². The first kappa shape index (κ1) is 13.2. The highest BCUT2D eigenvalue weighted by Gasteiger charge is 2.04. The van der Waals surface area contributed by atoms with E-state index in [2.05, 4.69) is 35.9 Å². The second kappa shape index (κ2) is 6.10. The van der Waals surface area contributed by atoms with Gasteiger partial charge in [-0.1, -0.05) is 5.16 Å². The average Bonchev–Trinajstić information content (AvgIpc) is 2.75. The van der Waals surface area contributed by atoms with Crippen molar-refractivity contribution in [1.29, 1.82) is 0 Å². The summed E-state index contributed by atoms with van der Waals surface area (Å²) in [5, 5.41) is 17.7. The van der Waals surface area contributed by atoms with Gasteiger partial charge in [0.15, 0.2) is 11.6 Å². The fraction of sp³-hybridized carbons (Fsp3) is 0.455. The molecule has 0 aliphatic rings. The van der Waals surface area contributed by atoms with Crippen LogP contribution in [0.2, 0.25) is 0 Å². The Morgan fingerprint density at radius 1 is 1.32 bits per heavy atom. The molecule has 102 valence electrons. The highest BCUT2D eigenvalue weighted by molar-refractivity contribution is 5.48. The van der Waals surface area contributed by atoms with E-state index in [-0.39, 0.29) is 0 Å². The number of hydrogen-bond donors (Lipinski definition) is 2. The SMILES string of the molecule is Cc1cc(Nc2nncc(NCCN(C)C)n2)no1. The molecule has 0 radical (unpaired) electrons. The Hall–Kier alpha value is -2.22. The van der Waals surface area contributed by atoms with E-state index in [1.807, 2.05) is 21.0 Å². The lowest BCUT2D eigenvalue weighted by Crippen LogP contribution is -2.21. The summed E-state index contributed by atoms with van der Waals surface area (Å²) in [5.41, 5.74) is 0. The van der Waals surface area contributed by atoms with Gasteiger partial charge in [0.2, 0.25) is 5.95 Å². The van der Waals surface area contributed by atoms with Crippen LogP contribution < -0.4 is 10.6 Å². The number of nitrogens with one attached hydrogen (secondary N) is 2. The first-order chi connectivity index (χ1) is 9.13. The summed E-state index contributed by atoms with van der Waals surface area (Å²) in [4.78, 5) is 6.36. The predicted octanol–water partition coefficient (Wildman–Crippen LogP) is 0.885. The number of rotatable bonds is 6. The Labute approximate surface area is 111 Å². The molecule has 2 aromatic heterocycles. The number of aryl methyl sites for hydroxylation is 1. The topological polar surface area (TPSA) is 92.0 Å². The summed E-state index contributed by atoms with van der Waals surface area (Å²) in [7, 11) is 4.03.